The normalized spacial score (nSPS) is 16.1. The number of rotatable bonds is 7. The SMILES string of the molecule is COCCn1ccnc1C1CCN(Cc2ccc(C(=O)N(C)C)o2)CC1. The van der Waals surface area contributed by atoms with Crippen LogP contribution in [0.2, 0.25) is 0 Å². The van der Waals surface area contributed by atoms with Crippen molar-refractivity contribution >= 4 is 5.91 Å². The molecule has 1 aliphatic heterocycles. The zero-order chi connectivity index (χ0) is 18.5. The Hall–Kier alpha value is -2.12. The summed E-state index contributed by atoms with van der Waals surface area (Å²) >= 11 is 0. The summed E-state index contributed by atoms with van der Waals surface area (Å²) in [7, 11) is 5.18. The third-order valence-electron chi connectivity index (χ3n) is 4.89. The van der Waals surface area contributed by atoms with E-state index in [0.717, 1.165) is 44.8 Å². The van der Waals surface area contributed by atoms with Crippen molar-refractivity contribution < 1.29 is 13.9 Å². The summed E-state index contributed by atoms with van der Waals surface area (Å²) in [4.78, 5) is 20.4. The average molecular weight is 360 g/mol. The molecule has 1 fully saturated rings. The fraction of sp³-hybridized carbons (Fsp3) is 0.579. The zero-order valence-electron chi connectivity index (χ0n) is 15.9. The topological polar surface area (TPSA) is 63.7 Å². The van der Waals surface area contributed by atoms with Crippen LogP contribution in [-0.4, -0.2) is 66.2 Å². The van der Waals surface area contributed by atoms with Gasteiger partial charge in [-0.05, 0) is 38.1 Å². The highest BCUT2D eigenvalue weighted by molar-refractivity contribution is 5.91. The van der Waals surface area contributed by atoms with Gasteiger partial charge in [-0.3, -0.25) is 9.69 Å². The quantitative estimate of drug-likeness (QED) is 0.757. The molecule has 0 saturated carbocycles. The first-order chi connectivity index (χ1) is 12.6. The Balaban J connectivity index is 1.53. The van der Waals surface area contributed by atoms with Crippen LogP contribution in [0.3, 0.4) is 0 Å². The number of hydrogen-bond donors (Lipinski definition) is 0. The van der Waals surface area contributed by atoms with Crippen LogP contribution < -0.4 is 0 Å². The first-order valence-corrected chi connectivity index (χ1v) is 9.11. The fourth-order valence-corrected chi connectivity index (χ4v) is 3.43. The largest absolute Gasteiger partial charge is 0.455 e. The molecule has 0 aliphatic carbocycles. The fourth-order valence-electron chi connectivity index (χ4n) is 3.43. The van der Waals surface area contributed by atoms with Crippen molar-refractivity contribution in [3.8, 4) is 0 Å². The summed E-state index contributed by atoms with van der Waals surface area (Å²) in [6.07, 6.45) is 6.07. The summed E-state index contributed by atoms with van der Waals surface area (Å²) in [5.41, 5.74) is 0. The molecular weight excluding hydrogens is 332 g/mol. The van der Waals surface area contributed by atoms with Crippen molar-refractivity contribution in [1.82, 2.24) is 19.4 Å². The van der Waals surface area contributed by atoms with Crippen LogP contribution in [0, 0.1) is 0 Å². The summed E-state index contributed by atoms with van der Waals surface area (Å²) in [5, 5.41) is 0. The highest BCUT2D eigenvalue weighted by Gasteiger charge is 2.24. The number of hydrogen-bond acceptors (Lipinski definition) is 5. The third-order valence-corrected chi connectivity index (χ3v) is 4.89. The Morgan fingerprint density at radius 1 is 1.35 bits per heavy atom. The maximum atomic E-state index is 11.9. The predicted octanol–water partition coefficient (Wildman–Crippen LogP) is 2.20. The monoisotopic (exact) mass is 360 g/mol. The maximum absolute atomic E-state index is 11.9. The number of aromatic nitrogens is 2. The molecule has 3 heterocycles. The Labute approximate surface area is 154 Å². The number of likely N-dealkylation sites (tertiary alicyclic amines) is 1. The Kier molecular flexibility index (Phi) is 6.11. The standard InChI is InChI=1S/C19H28N4O3/c1-21(2)19(24)17-5-4-16(26-17)14-22-9-6-15(7-10-22)18-20-8-11-23(18)12-13-25-3/h4-5,8,11,15H,6-7,9-10,12-14H2,1-3H3. The van der Waals surface area contributed by atoms with E-state index in [2.05, 4.69) is 14.5 Å². The number of ether oxygens (including phenoxy) is 1. The number of piperidine rings is 1. The lowest BCUT2D eigenvalue weighted by molar-refractivity contribution is 0.0792. The first kappa shape index (κ1) is 18.7. The molecule has 0 bridgehead atoms. The lowest BCUT2D eigenvalue weighted by Gasteiger charge is -2.31. The molecule has 0 atom stereocenters. The van der Waals surface area contributed by atoms with Crippen LogP contribution in [0.25, 0.3) is 0 Å². The van der Waals surface area contributed by atoms with E-state index in [1.54, 1.807) is 27.3 Å². The van der Waals surface area contributed by atoms with Gasteiger partial charge >= 0.3 is 0 Å². The van der Waals surface area contributed by atoms with Crippen LogP contribution in [-0.2, 0) is 17.8 Å². The lowest BCUT2D eigenvalue weighted by Crippen LogP contribution is -2.33. The number of furan rings is 1. The van der Waals surface area contributed by atoms with E-state index in [1.807, 2.05) is 18.5 Å². The molecule has 26 heavy (non-hydrogen) atoms. The lowest BCUT2D eigenvalue weighted by atomic mass is 9.96. The average Bonchev–Trinajstić information content (AvgIpc) is 3.29. The van der Waals surface area contributed by atoms with Crippen molar-refractivity contribution in [1.29, 1.82) is 0 Å². The van der Waals surface area contributed by atoms with Crippen LogP contribution in [0.15, 0.2) is 28.9 Å². The van der Waals surface area contributed by atoms with Crippen molar-refractivity contribution in [2.24, 2.45) is 0 Å². The van der Waals surface area contributed by atoms with Gasteiger partial charge in [0.25, 0.3) is 5.91 Å². The second kappa shape index (κ2) is 8.51. The summed E-state index contributed by atoms with van der Waals surface area (Å²) in [6, 6.07) is 3.66. The van der Waals surface area contributed by atoms with Gasteiger partial charge in [-0.15, -0.1) is 0 Å². The molecule has 0 radical (unpaired) electrons. The Bertz CT molecular complexity index is 714. The molecule has 0 N–H and O–H groups in total. The maximum Gasteiger partial charge on any atom is 0.289 e. The number of imidazole rings is 1. The summed E-state index contributed by atoms with van der Waals surface area (Å²) in [6.45, 7) is 4.29. The van der Waals surface area contributed by atoms with E-state index < -0.39 is 0 Å². The van der Waals surface area contributed by atoms with Crippen LogP contribution >= 0.6 is 0 Å². The van der Waals surface area contributed by atoms with Gasteiger partial charge in [0.1, 0.15) is 11.6 Å². The van der Waals surface area contributed by atoms with Gasteiger partial charge in [-0.25, -0.2) is 4.98 Å². The van der Waals surface area contributed by atoms with Crippen molar-refractivity contribution in [3.63, 3.8) is 0 Å². The molecule has 7 heteroatoms. The molecule has 2 aromatic rings. The van der Waals surface area contributed by atoms with E-state index in [9.17, 15) is 4.79 Å². The minimum Gasteiger partial charge on any atom is -0.455 e. The highest BCUT2D eigenvalue weighted by atomic mass is 16.5. The summed E-state index contributed by atoms with van der Waals surface area (Å²) < 4.78 is 13.1. The molecule has 2 aromatic heterocycles. The molecule has 1 aliphatic rings. The number of methoxy groups -OCH3 is 1. The van der Waals surface area contributed by atoms with Gasteiger partial charge < -0.3 is 18.6 Å². The van der Waals surface area contributed by atoms with Gasteiger partial charge in [-0.2, -0.15) is 0 Å². The van der Waals surface area contributed by atoms with Crippen LogP contribution in [0.1, 0.15) is 40.9 Å². The van der Waals surface area contributed by atoms with E-state index >= 15 is 0 Å². The van der Waals surface area contributed by atoms with Crippen molar-refractivity contribution in [2.45, 2.75) is 31.8 Å². The van der Waals surface area contributed by atoms with Crippen molar-refractivity contribution in [3.05, 3.63) is 41.9 Å². The molecule has 142 valence electrons. The molecule has 1 saturated heterocycles. The van der Waals surface area contributed by atoms with Crippen LogP contribution in [0.5, 0.6) is 0 Å². The molecular formula is C19H28N4O3. The zero-order valence-corrected chi connectivity index (χ0v) is 15.9. The molecule has 0 spiro atoms. The minimum atomic E-state index is -0.0992. The van der Waals surface area contributed by atoms with E-state index in [-0.39, 0.29) is 5.91 Å². The number of carbonyl (C=O) groups excluding carboxylic acids is 1. The van der Waals surface area contributed by atoms with Crippen molar-refractivity contribution in [2.75, 3.05) is 40.9 Å². The van der Waals surface area contributed by atoms with E-state index in [0.29, 0.717) is 18.3 Å². The van der Waals surface area contributed by atoms with Crippen LogP contribution in [0.4, 0.5) is 0 Å². The number of carbonyl (C=O) groups is 1. The highest BCUT2D eigenvalue weighted by Crippen LogP contribution is 2.28. The number of amides is 1. The molecule has 1 amide bonds. The van der Waals surface area contributed by atoms with Gasteiger partial charge in [0.05, 0.1) is 13.2 Å². The smallest absolute Gasteiger partial charge is 0.289 e. The van der Waals surface area contributed by atoms with Gasteiger partial charge in [0, 0.05) is 46.1 Å². The molecule has 0 aromatic carbocycles. The Morgan fingerprint density at radius 2 is 2.12 bits per heavy atom. The van der Waals surface area contributed by atoms with Gasteiger partial charge in [-0.1, -0.05) is 0 Å². The predicted molar refractivity (Wildman–Crippen MR) is 98.1 cm³/mol. The molecule has 7 nitrogen and oxygen atoms in total. The van der Waals surface area contributed by atoms with Gasteiger partial charge in [0.15, 0.2) is 5.76 Å². The second-order valence-corrected chi connectivity index (χ2v) is 6.99. The molecule has 3 rings (SSSR count). The van der Waals surface area contributed by atoms with E-state index in [4.69, 9.17) is 9.15 Å². The van der Waals surface area contributed by atoms with Gasteiger partial charge in [0.2, 0.25) is 0 Å². The first-order valence-electron chi connectivity index (χ1n) is 9.11. The van der Waals surface area contributed by atoms with E-state index in [1.165, 1.54) is 10.7 Å². The summed E-state index contributed by atoms with van der Waals surface area (Å²) in [5.74, 6) is 2.80. The Morgan fingerprint density at radius 3 is 2.81 bits per heavy atom. The second-order valence-electron chi connectivity index (χ2n) is 6.99. The third kappa shape index (κ3) is 4.34. The molecule has 0 unspecified atom stereocenters. The minimum absolute atomic E-state index is 0.0992. The number of nitrogens with zero attached hydrogens (tertiary/aromatic N) is 4.